The highest BCUT2D eigenvalue weighted by molar-refractivity contribution is 5.30. The van der Waals surface area contributed by atoms with Crippen molar-refractivity contribution < 1.29 is 8.81 Å². The van der Waals surface area contributed by atoms with E-state index in [1.54, 1.807) is 18.4 Å². The molecular formula is C15H19FN2O. The lowest BCUT2D eigenvalue weighted by molar-refractivity contribution is 0.222. The number of halogens is 1. The third-order valence-electron chi connectivity index (χ3n) is 3.33. The highest BCUT2D eigenvalue weighted by atomic mass is 19.1. The maximum absolute atomic E-state index is 13.2. The number of aryl methyl sites for hydroxylation is 1. The molecule has 0 aliphatic heterocycles. The van der Waals surface area contributed by atoms with E-state index in [9.17, 15) is 4.39 Å². The first-order valence-electron chi connectivity index (χ1n) is 6.30. The van der Waals surface area contributed by atoms with Gasteiger partial charge in [-0.3, -0.25) is 4.90 Å². The van der Waals surface area contributed by atoms with Gasteiger partial charge in [0.15, 0.2) is 0 Å². The number of benzene rings is 1. The van der Waals surface area contributed by atoms with Crippen molar-refractivity contribution in [1.29, 1.82) is 0 Å². The van der Waals surface area contributed by atoms with Gasteiger partial charge in [-0.15, -0.1) is 0 Å². The second kappa shape index (κ2) is 5.99. The molecule has 1 aromatic heterocycles. The number of likely N-dealkylation sites (N-methyl/N-ethyl adjacent to an activating group) is 1. The molecule has 2 aromatic rings. The molecule has 1 aromatic carbocycles. The van der Waals surface area contributed by atoms with E-state index < -0.39 is 0 Å². The van der Waals surface area contributed by atoms with Crippen LogP contribution in [0.5, 0.6) is 0 Å². The summed E-state index contributed by atoms with van der Waals surface area (Å²) in [6.45, 7) is 3.05. The molecule has 0 radical (unpaired) electrons. The van der Waals surface area contributed by atoms with Gasteiger partial charge in [-0.2, -0.15) is 0 Å². The standard InChI is InChI=1S/C15H19FN2O/c1-11-8-12(16)5-6-14(11)15(9-17)18(2)10-13-4-3-7-19-13/h3-8,15H,9-10,17H2,1-2H3. The molecule has 0 aliphatic carbocycles. The molecule has 0 amide bonds. The number of hydrogen-bond acceptors (Lipinski definition) is 3. The Labute approximate surface area is 112 Å². The molecule has 19 heavy (non-hydrogen) atoms. The first kappa shape index (κ1) is 13.8. The Hall–Kier alpha value is -1.65. The van der Waals surface area contributed by atoms with Crippen LogP contribution in [-0.4, -0.2) is 18.5 Å². The Bertz CT molecular complexity index is 525. The van der Waals surface area contributed by atoms with Gasteiger partial charge in [0.05, 0.1) is 12.8 Å². The summed E-state index contributed by atoms with van der Waals surface area (Å²) in [5.74, 6) is 0.673. The molecule has 0 saturated heterocycles. The molecule has 1 unspecified atom stereocenters. The van der Waals surface area contributed by atoms with Crippen LogP contribution in [0, 0.1) is 12.7 Å². The topological polar surface area (TPSA) is 42.4 Å². The Morgan fingerprint density at radius 1 is 1.37 bits per heavy atom. The second-order valence-electron chi connectivity index (χ2n) is 4.75. The normalized spacial score (nSPS) is 12.9. The third kappa shape index (κ3) is 3.22. The van der Waals surface area contributed by atoms with Gasteiger partial charge in [-0.25, -0.2) is 4.39 Å². The Morgan fingerprint density at radius 2 is 2.16 bits per heavy atom. The van der Waals surface area contributed by atoms with E-state index in [1.807, 2.05) is 26.1 Å². The van der Waals surface area contributed by atoms with Crippen LogP contribution in [0.15, 0.2) is 41.0 Å². The maximum atomic E-state index is 13.2. The first-order valence-corrected chi connectivity index (χ1v) is 6.30. The molecule has 2 N–H and O–H groups in total. The van der Waals surface area contributed by atoms with Crippen molar-refractivity contribution >= 4 is 0 Å². The zero-order valence-electron chi connectivity index (χ0n) is 11.3. The average Bonchev–Trinajstić information content (AvgIpc) is 2.85. The molecule has 1 heterocycles. The van der Waals surface area contributed by atoms with Gasteiger partial charge in [0.1, 0.15) is 11.6 Å². The number of nitrogens with zero attached hydrogens (tertiary/aromatic N) is 1. The van der Waals surface area contributed by atoms with Crippen molar-refractivity contribution in [2.24, 2.45) is 5.73 Å². The molecule has 0 fully saturated rings. The summed E-state index contributed by atoms with van der Waals surface area (Å²) < 4.78 is 18.5. The van der Waals surface area contributed by atoms with E-state index >= 15 is 0 Å². The quantitative estimate of drug-likeness (QED) is 0.901. The zero-order valence-corrected chi connectivity index (χ0v) is 11.3. The molecule has 4 heteroatoms. The summed E-state index contributed by atoms with van der Waals surface area (Å²) in [6.07, 6.45) is 1.66. The molecule has 0 aliphatic rings. The SMILES string of the molecule is Cc1cc(F)ccc1C(CN)N(C)Cc1ccco1. The monoisotopic (exact) mass is 262 g/mol. The predicted molar refractivity (Wildman–Crippen MR) is 73.1 cm³/mol. The van der Waals surface area contributed by atoms with Gasteiger partial charge in [0, 0.05) is 12.6 Å². The highest BCUT2D eigenvalue weighted by Crippen LogP contribution is 2.24. The number of nitrogens with two attached hydrogens (primary N) is 1. The van der Waals surface area contributed by atoms with Gasteiger partial charge >= 0.3 is 0 Å². The van der Waals surface area contributed by atoms with Crippen LogP contribution in [0.3, 0.4) is 0 Å². The highest BCUT2D eigenvalue weighted by Gasteiger charge is 2.18. The fourth-order valence-electron chi connectivity index (χ4n) is 2.32. The minimum atomic E-state index is -0.217. The van der Waals surface area contributed by atoms with E-state index in [0.29, 0.717) is 13.1 Å². The molecule has 2 rings (SSSR count). The number of hydrogen-bond donors (Lipinski definition) is 1. The number of furan rings is 1. The minimum Gasteiger partial charge on any atom is -0.468 e. The molecule has 102 valence electrons. The van der Waals surface area contributed by atoms with E-state index in [4.69, 9.17) is 10.2 Å². The lowest BCUT2D eigenvalue weighted by Crippen LogP contribution is -2.30. The van der Waals surface area contributed by atoms with Crippen LogP contribution >= 0.6 is 0 Å². The largest absolute Gasteiger partial charge is 0.468 e. The van der Waals surface area contributed by atoms with Crippen LogP contribution in [-0.2, 0) is 6.54 Å². The lowest BCUT2D eigenvalue weighted by Gasteiger charge is -2.27. The van der Waals surface area contributed by atoms with Crippen LogP contribution in [0.1, 0.15) is 22.9 Å². The van der Waals surface area contributed by atoms with Crippen LogP contribution in [0.4, 0.5) is 4.39 Å². The fourth-order valence-corrected chi connectivity index (χ4v) is 2.32. The van der Waals surface area contributed by atoms with E-state index in [2.05, 4.69) is 4.90 Å². The zero-order chi connectivity index (χ0) is 13.8. The Morgan fingerprint density at radius 3 is 2.74 bits per heavy atom. The maximum Gasteiger partial charge on any atom is 0.123 e. The Balaban J connectivity index is 2.18. The smallest absolute Gasteiger partial charge is 0.123 e. The van der Waals surface area contributed by atoms with E-state index in [-0.39, 0.29) is 11.9 Å². The molecule has 1 atom stereocenters. The van der Waals surface area contributed by atoms with Crippen molar-refractivity contribution in [3.8, 4) is 0 Å². The van der Waals surface area contributed by atoms with Crippen LogP contribution in [0.25, 0.3) is 0 Å². The summed E-state index contributed by atoms with van der Waals surface area (Å²) >= 11 is 0. The van der Waals surface area contributed by atoms with E-state index in [0.717, 1.165) is 16.9 Å². The summed E-state index contributed by atoms with van der Waals surface area (Å²) in [7, 11) is 1.99. The summed E-state index contributed by atoms with van der Waals surface area (Å²) in [4.78, 5) is 2.11. The van der Waals surface area contributed by atoms with Crippen molar-refractivity contribution in [2.75, 3.05) is 13.6 Å². The minimum absolute atomic E-state index is 0.0469. The van der Waals surface area contributed by atoms with Gasteiger partial charge < -0.3 is 10.2 Å². The summed E-state index contributed by atoms with van der Waals surface area (Å²) in [5.41, 5.74) is 7.85. The lowest BCUT2D eigenvalue weighted by atomic mass is 10.00. The van der Waals surface area contributed by atoms with Gasteiger partial charge in [0.25, 0.3) is 0 Å². The van der Waals surface area contributed by atoms with Gasteiger partial charge in [-0.1, -0.05) is 6.07 Å². The van der Waals surface area contributed by atoms with Gasteiger partial charge in [-0.05, 0) is 49.4 Å². The second-order valence-corrected chi connectivity index (χ2v) is 4.75. The molecular weight excluding hydrogens is 243 g/mol. The Kier molecular flexibility index (Phi) is 4.35. The number of rotatable bonds is 5. The fraction of sp³-hybridized carbons (Fsp3) is 0.333. The molecule has 0 spiro atoms. The van der Waals surface area contributed by atoms with Crippen LogP contribution < -0.4 is 5.73 Å². The molecule has 0 saturated carbocycles. The average molecular weight is 262 g/mol. The van der Waals surface area contributed by atoms with Crippen molar-refractivity contribution in [1.82, 2.24) is 4.90 Å². The van der Waals surface area contributed by atoms with E-state index in [1.165, 1.54) is 6.07 Å². The molecule has 3 nitrogen and oxygen atoms in total. The van der Waals surface area contributed by atoms with Gasteiger partial charge in [0.2, 0.25) is 0 Å². The van der Waals surface area contributed by atoms with Crippen molar-refractivity contribution in [2.45, 2.75) is 19.5 Å². The molecule has 0 bridgehead atoms. The predicted octanol–water partition coefficient (Wildman–Crippen LogP) is 2.86. The van der Waals surface area contributed by atoms with Crippen molar-refractivity contribution in [3.05, 3.63) is 59.3 Å². The van der Waals surface area contributed by atoms with Crippen LogP contribution in [0.2, 0.25) is 0 Å². The summed E-state index contributed by atoms with van der Waals surface area (Å²) in [5, 5.41) is 0. The third-order valence-corrected chi connectivity index (χ3v) is 3.33. The first-order chi connectivity index (χ1) is 9.11. The van der Waals surface area contributed by atoms with Crippen molar-refractivity contribution in [3.63, 3.8) is 0 Å². The summed E-state index contributed by atoms with van der Waals surface area (Å²) in [6, 6.07) is 8.67.